The van der Waals surface area contributed by atoms with Gasteiger partial charge in [0.25, 0.3) is 10.0 Å². The second kappa shape index (κ2) is 5.26. The number of rotatable bonds is 4. The van der Waals surface area contributed by atoms with Gasteiger partial charge in [0, 0.05) is 22.2 Å². The average molecular weight is 303 g/mol. The minimum atomic E-state index is -3.57. The molecule has 18 heavy (non-hydrogen) atoms. The van der Waals surface area contributed by atoms with Crippen LogP contribution in [-0.4, -0.2) is 13.4 Å². The van der Waals surface area contributed by atoms with Gasteiger partial charge in [0.05, 0.1) is 0 Å². The lowest BCUT2D eigenvalue weighted by Gasteiger charge is -2.05. The summed E-state index contributed by atoms with van der Waals surface area (Å²) in [4.78, 5) is 4.93. The van der Waals surface area contributed by atoms with Gasteiger partial charge in [-0.2, -0.15) is 0 Å². The van der Waals surface area contributed by atoms with Crippen LogP contribution in [0.15, 0.2) is 34.7 Å². The Morgan fingerprint density at radius 1 is 1.39 bits per heavy atom. The zero-order valence-corrected chi connectivity index (χ0v) is 11.9. The Balaban J connectivity index is 2.27. The number of pyridine rings is 1. The van der Waals surface area contributed by atoms with E-state index in [0.29, 0.717) is 5.02 Å². The summed E-state index contributed by atoms with van der Waals surface area (Å²) in [5.41, 5.74) is 0. The molecule has 2 heterocycles. The van der Waals surface area contributed by atoms with Crippen LogP contribution in [0.1, 0.15) is 11.8 Å². The molecule has 0 aliphatic rings. The molecule has 0 amide bonds. The first kappa shape index (κ1) is 13.3. The zero-order chi connectivity index (χ0) is 13.2. The van der Waals surface area contributed by atoms with Gasteiger partial charge in [-0.25, -0.2) is 13.4 Å². The van der Waals surface area contributed by atoms with E-state index in [1.807, 2.05) is 13.0 Å². The average Bonchev–Trinajstić information content (AvgIpc) is 2.77. The third kappa shape index (κ3) is 3.01. The Hall–Kier alpha value is -1.11. The first-order valence-corrected chi connectivity index (χ1v) is 7.92. The Morgan fingerprint density at radius 3 is 2.78 bits per heavy atom. The molecule has 4 nitrogen and oxygen atoms in total. The van der Waals surface area contributed by atoms with Gasteiger partial charge in [-0.3, -0.25) is 4.72 Å². The summed E-state index contributed by atoms with van der Waals surface area (Å²) in [5, 5.41) is 0.433. The molecule has 0 aliphatic carbocycles. The fraction of sp³-hybridized carbons (Fsp3) is 0.182. The van der Waals surface area contributed by atoms with Crippen LogP contribution < -0.4 is 4.72 Å². The maximum atomic E-state index is 12.1. The zero-order valence-electron chi connectivity index (χ0n) is 9.55. The maximum Gasteiger partial charge on any atom is 0.272 e. The van der Waals surface area contributed by atoms with E-state index < -0.39 is 10.0 Å². The van der Waals surface area contributed by atoms with E-state index in [1.54, 1.807) is 12.1 Å². The number of sulfonamides is 1. The molecule has 7 heteroatoms. The van der Waals surface area contributed by atoms with Crippen molar-refractivity contribution in [2.45, 2.75) is 17.6 Å². The van der Waals surface area contributed by atoms with Gasteiger partial charge in [0.15, 0.2) is 0 Å². The fourth-order valence-electron chi connectivity index (χ4n) is 1.34. The molecule has 0 bridgehead atoms. The number of anilines is 1. The molecule has 96 valence electrons. The van der Waals surface area contributed by atoms with Crippen LogP contribution in [0.5, 0.6) is 0 Å². The molecule has 0 fully saturated rings. The highest BCUT2D eigenvalue weighted by molar-refractivity contribution is 7.94. The predicted molar refractivity (Wildman–Crippen MR) is 73.8 cm³/mol. The second-order valence-corrected chi connectivity index (χ2v) is 7.05. The summed E-state index contributed by atoms with van der Waals surface area (Å²) in [6, 6.07) is 6.45. The molecule has 0 aromatic carbocycles. The van der Waals surface area contributed by atoms with Gasteiger partial charge < -0.3 is 0 Å². The molecule has 0 aliphatic heterocycles. The van der Waals surface area contributed by atoms with Gasteiger partial charge in [-0.05, 0) is 24.6 Å². The first-order valence-electron chi connectivity index (χ1n) is 5.24. The minimum Gasteiger partial charge on any atom is -0.263 e. The predicted octanol–water partition coefficient (Wildman–Crippen LogP) is 3.16. The number of aromatic nitrogens is 1. The molecule has 0 saturated heterocycles. The summed E-state index contributed by atoms with van der Waals surface area (Å²) in [5.74, 6) is 0.217. The molecule has 2 aromatic heterocycles. The van der Waals surface area contributed by atoms with E-state index in [4.69, 9.17) is 11.6 Å². The SMILES string of the molecule is CCc1ccc(S(=O)(=O)Nc2cc(Cl)ccn2)s1. The lowest BCUT2D eigenvalue weighted by molar-refractivity contribution is 0.603. The van der Waals surface area contributed by atoms with E-state index in [9.17, 15) is 8.42 Å². The highest BCUT2D eigenvalue weighted by Gasteiger charge is 2.17. The van der Waals surface area contributed by atoms with Gasteiger partial charge in [0.2, 0.25) is 0 Å². The van der Waals surface area contributed by atoms with E-state index >= 15 is 0 Å². The molecular formula is C11H11ClN2O2S2. The summed E-state index contributed by atoms with van der Waals surface area (Å²) < 4.78 is 26.8. The Kier molecular flexibility index (Phi) is 3.89. The number of hydrogen-bond acceptors (Lipinski definition) is 4. The third-order valence-electron chi connectivity index (χ3n) is 2.21. The van der Waals surface area contributed by atoms with Crippen molar-refractivity contribution >= 4 is 38.8 Å². The monoisotopic (exact) mass is 302 g/mol. The minimum absolute atomic E-state index is 0.217. The van der Waals surface area contributed by atoms with Crippen LogP contribution in [0.25, 0.3) is 0 Å². The molecule has 0 atom stereocenters. The van der Waals surface area contributed by atoms with Crippen molar-refractivity contribution in [2.75, 3.05) is 4.72 Å². The van der Waals surface area contributed by atoms with Crippen molar-refractivity contribution in [2.24, 2.45) is 0 Å². The van der Waals surface area contributed by atoms with Gasteiger partial charge in [-0.15, -0.1) is 11.3 Å². The smallest absolute Gasteiger partial charge is 0.263 e. The molecule has 0 saturated carbocycles. The fourth-order valence-corrected chi connectivity index (χ4v) is 3.80. The highest BCUT2D eigenvalue weighted by atomic mass is 35.5. The number of aryl methyl sites for hydroxylation is 1. The first-order chi connectivity index (χ1) is 8.51. The van der Waals surface area contributed by atoms with Crippen LogP contribution in [0.4, 0.5) is 5.82 Å². The van der Waals surface area contributed by atoms with Crippen molar-refractivity contribution in [3.8, 4) is 0 Å². The number of thiophene rings is 1. The van der Waals surface area contributed by atoms with E-state index in [0.717, 1.165) is 11.3 Å². The molecular weight excluding hydrogens is 292 g/mol. The number of hydrogen-bond donors (Lipinski definition) is 1. The molecule has 0 unspecified atom stereocenters. The van der Waals surface area contributed by atoms with Gasteiger partial charge in [0.1, 0.15) is 10.0 Å². The van der Waals surface area contributed by atoms with E-state index in [2.05, 4.69) is 9.71 Å². The topological polar surface area (TPSA) is 59.1 Å². The van der Waals surface area contributed by atoms with Crippen LogP contribution in [-0.2, 0) is 16.4 Å². The lowest BCUT2D eigenvalue weighted by Crippen LogP contribution is -2.12. The number of nitrogens with one attached hydrogen (secondary N) is 1. The lowest BCUT2D eigenvalue weighted by atomic mass is 10.4. The number of nitrogens with zero attached hydrogens (tertiary/aromatic N) is 1. The highest BCUT2D eigenvalue weighted by Crippen LogP contribution is 2.24. The van der Waals surface area contributed by atoms with Crippen LogP contribution in [0, 0.1) is 0 Å². The number of halogens is 1. The summed E-state index contributed by atoms with van der Waals surface area (Å²) in [7, 11) is -3.57. The largest absolute Gasteiger partial charge is 0.272 e. The molecule has 0 spiro atoms. The Labute approximate surface area is 115 Å². The van der Waals surface area contributed by atoms with Crippen LogP contribution in [0.2, 0.25) is 5.02 Å². The molecule has 1 N–H and O–H groups in total. The van der Waals surface area contributed by atoms with Crippen molar-refractivity contribution in [1.29, 1.82) is 0 Å². The molecule has 2 rings (SSSR count). The maximum absolute atomic E-state index is 12.1. The molecule has 0 radical (unpaired) electrons. The molecule has 2 aromatic rings. The summed E-state index contributed by atoms with van der Waals surface area (Å²) >= 11 is 7.03. The van der Waals surface area contributed by atoms with Crippen molar-refractivity contribution in [3.05, 3.63) is 40.4 Å². The van der Waals surface area contributed by atoms with E-state index in [1.165, 1.54) is 23.6 Å². The van der Waals surface area contributed by atoms with Crippen molar-refractivity contribution in [3.63, 3.8) is 0 Å². The quantitative estimate of drug-likeness (QED) is 0.944. The van der Waals surface area contributed by atoms with Crippen LogP contribution >= 0.6 is 22.9 Å². The van der Waals surface area contributed by atoms with Crippen LogP contribution in [0.3, 0.4) is 0 Å². The van der Waals surface area contributed by atoms with Crippen molar-refractivity contribution in [1.82, 2.24) is 4.98 Å². The third-order valence-corrected chi connectivity index (χ3v) is 5.52. The van der Waals surface area contributed by atoms with Gasteiger partial charge >= 0.3 is 0 Å². The Bertz CT molecular complexity index is 653. The summed E-state index contributed by atoms with van der Waals surface area (Å²) in [6.45, 7) is 1.98. The Morgan fingerprint density at radius 2 is 2.17 bits per heavy atom. The van der Waals surface area contributed by atoms with E-state index in [-0.39, 0.29) is 10.0 Å². The second-order valence-electron chi connectivity index (χ2n) is 3.54. The summed E-state index contributed by atoms with van der Waals surface area (Å²) in [6.07, 6.45) is 2.27. The van der Waals surface area contributed by atoms with Gasteiger partial charge in [-0.1, -0.05) is 18.5 Å². The standard InChI is InChI=1S/C11H11ClN2O2S2/c1-2-9-3-4-11(17-9)18(15,16)14-10-7-8(12)5-6-13-10/h3-7H,2H2,1H3,(H,13,14). The van der Waals surface area contributed by atoms with Crippen molar-refractivity contribution < 1.29 is 8.42 Å². The normalized spacial score (nSPS) is 11.4.